The molecule has 1 saturated carbocycles. The van der Waals surface area contributed by atoms with Crippen LogP contribution in [0.4, 0.5) is 4.39 Å². The number of halogens is 1. The summed E-state index contributed by atoms with van der Waals surface area (Å²) >= 11 is 0. The topological polar surface area (TPSA) is 17.1 Å². The van der Waals surface area contributed by atoms with Gasteiger partial charge in [0, 0.05) is 5.92 Å². The van der Waals surface area contributed by atoms with Crippen molar-refractivity contribution in [2.24, 2.45) is 5.92 Å². The second-order valence-corrected chi connectivity index (χ2v) is 3.16. The summed E-state index contributed by atoms with van der Waals surface area (Å²) in [7, 11) is 0. The van der Waals surface area contributed by atoms with Crippen molar-refractivity contribution in [3.05, 3.63) is 35.6 Å². The number of carbonyl (C=O) groups excluding carboxylic acids is 1. The van der Waals surface area contributed by atoms with Crippen LogP contribution in [-0.4, -0.2) is 6.29 Å². The summed E-state index contributed by atoms with van der Waals surface area (Å²) in [5, 5.41) is 0. The van der Waals surface area contributed by atoms with E-state index in [-0.39, 0.29) is 17.7 Å². The number of hydrogen-bond acceptors (Lipinski definition) is 1. The fraction of sp³-hybridized carbons (Fsp3) is 0.300. The van der Waals surface area contributed by atoms with Crippen molar-refractivity contribution in [2.75, 3.05) is 0 Å². The van der Waals surface area contributed by atoms with Crippen LogP contribution >= 0.6 is 0 Å². The molecule has 0 aromatic heterocycles. The molecule has 0 radical (unpaired) electrons. The number of hydrogen-bond donors (Lipinski definition) is 0. The first-order chi connectivity index (χ1) is 5.83. The molecule has 1 fully saturated rings. The van der Waals surface area contributed by atoms with E-state index >= 15 is 0 Å². The summed E-state index contributed by atoms with van der Waals surface area (Å²) in [6.07, 6.45) is 1.72. The summed E-state index contributed by atoms with van der Waals surface area (Å²) in [6, 6.07) is 6.66. The first kappa shape index (κ1) is 7.47. The zero-order valence-corrected chi connectivity index (χ0v) is 6.53. The van der Waals surface area contributed by atoms with Crippen molar-refractivity contribution < 1.29 is 9.18 Å². The van der Waals surface area contributed by atoms with Gasteiger partial charge in [0.05, 0.1) is 0 Å². The number of rotatable bonds is 2. The largest absolute Gasteiger partial charge is 0.303 e. The smallest absolute Gasteiger partial charge is 0.126 e. The van der Waals surface area contributed by atoms with Gasteiger partial charge in [0.2, 0.25) is 0 Å². The summed E-state index contributed by atoms with van der Waals surface area (Å²) in [6.45, 7) is 0. The van der Waals surface area contributed by atoms with Gasteiger partial charge in [-0.3, -0.25) is 0 Å². The maximum Gasteiger partial charge on any atom is 0.126 e. The molecule has 2 heteroatoms. The summed E-state index contributed by atoms with van der Waals surface area (Å²) < 4.78 is 13.1. The second-order valence-electron chi connectivity index (χ2n) is 3.16. The third-order valence-corrected chi connectivity index (χ3v) is 2.32. The van der Waals surface area contributed by atoms with Gasteiger partial charge in [-0.15, -0.1) is 0 Å². The Labute approximate surface area is 70.2 Å². The fourth-order valence-electron chi connectivity index (χ4n) is 1.50. The molecule has 0 unspecified atom stereocenters. The van der Waals surface area contributed by atoms with Gasteiger partial charge in [0.1, 0.15) is 12.1 Å². The van der Waals surface area contributed by atoms with Gasteiger partial charge in [-0.25, -0.2) is 4.39 Å². The third kappa shape index (κ3) is 1.13. The van der Waals surface area contributed by atoms with Crippen LogP contribution in [0.2, 0.25) is 0 Å². The zero-order chi connectivity index (χ0) is 8.55. The monoisotopic (exact) mass is 164 g/mol. The SMILES string of the molecule is O=C[C@@H]1C[C@H]1c1ccccc1F. The van der Waals surface area contributed by atoms with E-state index in [0.29, 0.717) is 5.56 Å². The van der Waals surface area contributed by atoms with Crippen molar-refractivity contribution in [1.29, 1.82) is 0 Å². The van der Waals surface area contributed by atoms with Crippen LogP contribution in [0.5, 0.6) is 0 Å². The maximum absolute atomic E-state index is 13.1. The van der Waals surface area contributed by atoms with Crippen LogP contribution in [0.15, 0.2) is 24.3 Å². The summed E-state index contributed by atoms with van der Waals surface area (Å²) in [4.78, 5) is 10.3. The Balaban J connectivity index is 2.25. The minimum atomic E-state index is -0.188. The van der Waals surface area contributed by atoms with E-state index in [9.17, 15) is 9.18 Å². The van der Waals surface area contributed by atoms with Gasteiger partial charge in [-0.05, 0) is 24.0 Å². The van der Waals surface area contributed by atoms with E-state index in [2.05, 4.69) is 0 Å². The molecule has 1 nitrogen and oxygen atoms in total. The van der Waals surface area contributed by atoms with Crippen LogP contribution in [0.25, 0.3) is 0 Å². The van der Waals surface area contributed by atoms with Crippen LogP contribution < -0.4 is 0 Å². The van der Waals surface area contributed by atoms with Gasteiger partial charge in [-0.1, -0.05) is 18.2 Å². The Morgan fingerprint density at radius 1 is 1.42 bits per heavy atom. The minimum absolute atomic E-state index is 0.0573. The number of carbonyl (C=O) groups is 1. The van der Waals surface area contributed by atoms with Crippen LogP contribution in [0.1, 0.15) is 17.9 Å². The molecule has 0 saturated heterocycles. The van der Waals surface area contributed by atoms with Gasteiger partial charge in [0.15, 0.2) is 0 Å². The van der Waals surface area contributed by atoms with Gasteiger partial charge >= 0.3 is 0 Å². The molecule has 1 aliphatic carbocycles. The zero-order valence-electron chi connectivity index (χ0n) is 6.53. The molecule has 2 rings (SSSR count). The average Bonchev–Trinajstić information content (AvgIpc) is 2.84. The molecule has 2 atom stereocenters. The van der Waals surface area contributed by atoms with Crippen molar-refractivity contribution in [3.63, 3.8) is 0 Å². The highest BCUT2D eigenvalue weighted by Crippen LogP contribution is 2.46. The quantitative estimate of drug-likeness (QED) is 0.612. The Morgan fingerprint density at radius 3 is 2.75 bits per heavy atom. The Bertz CT molecular complexity index is 308. The lowest BCUT2D eigenvalue weighted by molar-refractivity contribution is -0.108. The predicted octanol–water partition coefficient (Wildman–Crippen LogP) is 2.13. The van der Waals surface area contributed by atoms with E-state index in [1.807, 2.05) is 0 Å². The molecule has 0 amide bonds. The van der Waals surface area contributed by atoms with E-state index in [1.165, 1.54) is 6.07 Å². The Morgan fingerprint density at radius 2 is 2.17 bits per heavy atom. The van der Waals surface area contributed by atoms with E-state index in [1.54, 1.807) is 18.2 Å². The Hall–Kier alpha value is -1.18. The molecule has 1 aromatic carbocycles. The second kappa shape index (κ2) is 2.70. The molecule has 0 spiro atoms. The first-order valence-electron chi connectivity index (χ1n) is 4.02. The lowest BCUT2D eigenvalue weighted by atomic mass is 10.1. The average molecular weight is 164 g/mol. The normalized spacial score (nSPS) is 26.8. The van der Waals surface area contributed by atoms with E-state index < -0.39 is 0 Å². The van der Waals surface area contributed by atoms with E-state index in [0.717, 1.165) is 12.7 Å². The number of aldehydes is 1. The number of benzene rings is 1. The molecular formula is C10H9FO. The van der Waals surface area contributed by atoms with Crippen LogP contribution in [0.3, 0.4) is 0 Å². The molecule has 1 aromatic rings. The highest BCUT2D eigenvalue weighted by atomic mass is 19.1. The molecule has 62 valence electrons. The lowest BCUT2D eigenvalue weighted by Crippen LogP contribution is -1.88. The standard InChI is InChI=1S/C10H9FO/c11-10-4-2-1-3-8(10)9-5-7(9)6-12/h1-4,6-7,9H,5H2/t7-,9+/m0/s1. The predicted molar refractivity (Wildman–Crippen MR) is 43.3 cm³/mol. The summed E-state index contributed by atoms with van der Waals surface area (Å²) in [5.74, 6) is 0.0115. The Kier molecular flexibility index (Phi) is 1.68. The molecule has 0 N–H and O–H groups in total. The van der Waals surface area contributed by atoms with Crippen molar-refractivity contribution in [2.45, 2.75) is 12.3 Å². The highest BCUT2D eigenvalue weighted by molar-refractivity contribution is 5.61. The first-order valence-corrected chi connectivity index (χ1v) is 4.02. The molecule has 0 heterocycles. The maximum atomic E-state index is 13.1. The van der Waals surface area contributed by atoms with Crippen LogP contribution in [0, 0.1) is 11.7 Å². The lowest BCUT2D eigenvalue weighted by Gasteiger charge is -1.98. The third-order valence-electron chi connectivity index (χ3n) is 2.32. The van der Waals surface area contributed by atoms with E-state index in [4.69, 9.17) is 0 Å². The van der Waals surface area contributed by atoms with Crippen molar-refractivity contribution >= 4 is 6.29 Å². The molecule has 1 aliphatic rings. The van der Waals surface area contributed by atoms with Crippen molar-refractivity contribution in [3.8, 4) is 0 Å². The fourth-order valence-corrected chi connectivity index (χ4v) is 1.50. The molecular weight excluding hydrogens is 155 g/mol. The molecule has 0 bridgehead atoms. The van der Waals surface area contributed by atoms with Gasteiger partial charge in [-0.2, -0.15) is 0 Å². The highest BCUT2D eigenvalue weighted by Gasteiger charge is 2.39. The molecule has 0 aliphatic heterocycles. The van der Waals surface area contributed by atoms with Crippen LogP contribution in [-0.2, 0) is 4.79 Å². The van der Waals surface area contributed by atoms with Crippen molar-refractivity contribution in [1.82, 2.24) is 0 Å². The minimum Gasteiger partial charge on any atom is -0.303 e. The summed E-state index contributed by atoms with van der Waals surface area (Å²) in [5.41, 5.74) is 0.689. The van der Waals surface area contributed by atoms with Gasteiger partial charge in [0.25, 0.3) is 0 Å². The van der Waals surface area contributed by atoms with Gasteiger partial charge < -0.3 is 4.79 Å². The molecule has 12 heavy (non-hydrogen) atoms.